The van der Waals surface area contributed by atoms with Gasteiger partial charge < -0.3 is 4.74 Å². The van der Waals surface area contributed by atoms with Crippen LogP contribution in [-0.2, 0) is 4.74 Å². The zero-order chi connectivity index (χ0) is 14.4. The van der Waals surface area contributed by atoms with Crippen molar-refractivity contribution in [2.24, 2.45) is 17.8 Å². The first-order valence-electron chi connectivity index (χ1n) is 7.23. The number of hydrogen-bond acceptors (Lipinski definition) is 2. The van der Waals surface area contributed by atoms with Crippen molar-refractivity contribution in [2.45, 2.75) is 47.1 Å². The summed E-state index contributed by atoms with van der Waals surface area (Å²) in [5.41, 5.74) is 0.631. The minimum Gasteiger partial charge on any atom is -0.458 e. The predicted molar refractivity (Wildman–Crippen MR) is 79.1 cm³/mol. The lowest BCUT2D eigenvalue weighted by Gasteiger charge is -2.31. The minimum absolute atomic E-state index is 0.0160. The number of rotatable bonds is 6. The molecule has 0 N–H and O–H groups in total. The van der Waals surface area contributed by atoms with Gasteiger partial charge in [0.25, 0.3) is 0 Å². The average Bonchev–Trinajstić information content (AvgIpc) is 2.43. The number of carbonyl (C=O) groups excluding carboxylic acids is 1. The van der Waals surface area contributed by atoms with Gasteiger partial charge in [0.2, 0.25) is 0 Å². The topological polar surface area (TPSA) is 26.3 Å². The van der Waals surface area contributed by atoms with Crippen molar-refractivity contribution in [1.82, 2.24) is 0 Å². The highest BCUT2D eigenvalue weighted by molar-refractivity contribution is 5.89. The maximum absolute atomic E-state index is 12.2. The highest BCUT2D eigenvalue weighted by Gasteiger charge is 2.28. The molecule has 0 aromatic heterocycles. The molecule has 0 saturated heterocycles. The summed E-state index contributed by atoms with van der Waals surface area (Å²) < 4.78 is 5.77. The van der Waals surface area contributed by atoms with E-state index in [9.17, 15) is 4.79 Å². The van der Waals surface area contributed by atoms with E-state index in [4.69, 9.17) is 4.74 Å². The van der Waals surface area contributed by atoms with Gasteiger partial charge in [-0.3, -0.25) is 0 Å². The van der Waals surface area contributed by atoms with Gasteiger partial charge in [-0.1, -0.05) is 59.2 Å². The maximum Gasteiger partial charge on any atom is 0.338 e. The fraction of sp³-hybridized carbons (Fsp3) is 0.588. The lowest BCUT2D eigenvalue weighted by Crippen LogP contribution is -2.34. The van der Waals surface area contributed by atoms with Crippen LogP contribution in [0.4, 0.5) is 0 Å². The van der Waals surface area contributed by atoms with E-state index in [1.165, 1.54) is 0 Å². The Morgan fingerprint density at radius 1 is 1.11 bits per heavy atom. The maximum atomic E-state index is 12.2. The van der Waals surface area contributed by atoms with Crippen molar-refractivity contribution in [1.29, 1.82) is 0 Å². The molecule has 2 nitrogen and oxygen atoms in total. The van der Waals surface area contributed by atoms with Gasteiger partial charge in [-0.15, -0.1) is 0 Å². The van der Waals surface area contributed by atoms with Crippen molar-refractivity contribution in [3.05, 3.63) is 35.9 Å². The smallest absolute Gasteiger partial charge is 0.338 e. The van der Waals surface area contributed by atoms with Crippen LogP contribution >= 0.6 is 0 Å². The molecule has 2 heteroatoms. The second kappa shape index (κ2) is 7.32. The van der Waals surface area contributed by atoms with Crippen molar-refractivity contribution in [3.8, 4) is 0 Å². The number of ether oxygens (including phenoxy) is 1. The van der Waals surface area contributed by atoms with Gasteiger partial charge in [0.05, 0.1) is 5.56 Å². The van der Waals surface area contributed by atoms with E-state index >= 15 is 0 Å². The van der Waals surface area contributed by atoms with Crippen LogP contribution in [0, 0.1) is 17.8 Å². The summed E-state index contributed by atoms with van der Waals surface area (Å²) in [6, 6.07) is 9.23. The second-order valence-corrected chi connectivity index (χ2v) is 5.72. The third kappa shape index (κ3) is 4.38. The quantitative estimate of drug-likeness (QED) is 0.703. The van der Waals surface area contributed by atoms with Crippen LogP contribution in [0.5, 0.6) is 0 Å². The molecule has 1 aromatic carbocycles. The lowest BCUT2D eigenvalue weighted by atomic mass is 9.84. The number of benzene rings is 1. The van der Waals surface area contributed by atoms with E-state index in [-0.39, 0.29) is 12.1 Å². The molecule has 0 saturated carbocycles. The second-order valence-electron chi connectivity index (χ2n) is 5.72. The van der Waals surface area contributed by atoms with E-state index in [1.807, 2.05) is 18.2 Å². The molecule has 1 aromatic rings. The molecule has 19 heavy (non-hydrogen) atoms. The summed E-state index contributed by atoms with van der Waals surface area (Å²) in [4.78, 5) is 12.2. The Morgan fingerprint density at radius 2 is 1.68 bits per heavy atom. The monoisotopic (exact) mass is 262 g/mol. The summed E-state index contributed by atoms with van der Waals surface area (Å²) in [6.45, 7) is 10.8. The van der Waals surface area contributed by atoms with Crippen LogP contribution < -0.4 is 0 Å². The fourth-order valence-electron chi connectivity index (χ4n) is 2.12. The van der Waals surface area contributed by atoms with Gasteiger partial charge in [0.1, 0.15) is 6.10 Å². The average molecular weight is 262 g/mol. The molecule has 0 heterocycles. The summed E-state index contributed by atoms with van der Waals surface area (Å²) in [7, 11) is 0. The number of esters is 1. The van der Waals surface area contributed by atoms with E-state index in [2.05, 4.69) is 34.6 Å². The van der Waals surface area contributed by atoms with E-state index in [0.29, 0.717) is 23.3 Å². The zero-order valence-electron chi connectivity index (χ0n) is 12.7. The van der Waals surface area contributed by atoms with Crippen LogP contribution in [-0.4, -0.2) is 12.1 Å². The van der Waals surface area contributed by atoms with Crippen LogP contribution in [0.25, 0.3) is 0 Å². The Hall–Kier alpha value is -1.31. The van der Waals surface area contributed by atoms with Crippen LogP contribution in [0.15, 0.2) is 30.3 Å². The molecule has 0 spiro atoms. The molecule has 106 valence electrons. The molecule has 3 atom stereocenters. The van der Waals surface area contributed by atoms with Crippen molar-refractivity contribution < 1.29 is 9.53 Å². The highest BCUT2D eigenvalue weighted by atomic mass is 16.5. The first-order valence-corrected chi connectivity index (χ1v) is 7.23. The third-order valence-electron chi connectivity index (χ3n) is 4.03. The summed E-state index contributed by atoms with van der Waals surface area (Å²) in [5, 5.41) is 0. The van der Waals surface area contributed by atoms with Gasteiger partial charge in [-0.25, -0.2) is 4.79 Å². The molecule has 1 rings (SSSR count). The minimum atomic E-state index is -0.210. The largest absolute Gasteiger partial charge is 0.458 e. The van der Waals surface area contributed by atoms with E-state index < -0.39 is 0 Å². The van der Waals surface area contributed by atoms with Crippen LogP contribution in [0.1, 0.15) is 51.4 Å². The Bertz CT molecular complexity index is 384. The highest BCUT2D eigenvalue weighted by Crippen LogP contribution is 2.26. The molecule has 0 aliphatic rings. The first kappa shape index (κ1) is 15.7. The molecule has 0 radical (unpaired) electrons. The Balaban J connectivity index is 2.80. The number of carbonyl (C=O) groups is 1. The van der Waals surface area contributed by atoms with Crippen LogP contribution in [0.3, 0.4) is 0 Å². The fourth-order valence-corrected chi connectivity index (χ4v) is 2.12. The summed E-state index contributed by atoms with van der Waals surface area (Å²) >= 11 is 0. The van der Waals surface area contributed by atoms with Crippen molar-refractivity contribution in [3.63, 3.8) is 0 Å². The standard InChI is InChI=1S/C17H26O2/c1-6-13(4)16(14(5)12(2)3)19-17(18)15-10-8-7-9-11-15/h7-14,16H,6H2,1-5H3. The van der Waals surface area contributed by atoms with Gasteiger partial charge in [-0.2, -0.15) is 0 Å². The number of hydrogen-bond donors (Lipinski definition) is 0. The van der Waals surface area contributed by atoms with E-state index in [0.717, 1.165) is 6.42 Å². The Kier molecular flexibility index (Phi) is 6.07. The normalized spacial score (nSPS) is 15.9. The van der Waals surface area contributed by atoms with Gasteiger partial charge >= 0.3 is 5.97 Å². The summed E-state index contributed by atoms with van der Waals surface area (Å²) in [6.07, 6.45) is 1.00. The Labute approximate surface area is 117 Å². The van der Waals surface area contributed by atoms with Gasteiger partial charge in [0.15, 0.2) is 0 Å². The van der Waals surface area contributed by atoms with Gasteiger partial charge in [0, 0.05) is 0 Å². The molecule has 0 fully saturated rings. The van der Waals surface area contributed by atoms with Crippen LogP contribution in [0.2, 0.25) is 0 Å². The molecule has 0 aliphatic carbocycles. The molecule has 0 amide bonds. The van der Waals surface area contributed by atoms with E-state index in [1.54, 1.807) is 12.1 Å². The first-order chi connectivity index (χ1) is 8.97. The third-order valence-corrected chi connectivity index (χ3v) is 4.03. The molecular weight excluding hydrogens is 236 g/mol. The lowest BCUT2D eigenvalue weighted by molar-refractivity contribution is -0.0113. The SMILES string of the molecule is CCC(C)C(OC(=O)c1ccccc1)C(C)C(C)C. The molecular formula is C17H26O2. The zero-order valence-corrected chi connectivity index (χ0v) is 12.7. The predicted octanol–water partition coefficient (Wildman–Crippen LogP) is 4.55. The van der Waals surface area contributed by atoms with Gasteiger partial charge in [-0.05, 0) is 29.9 Å². The Morgan fingerprint density at radius 3 is 2.16 bits per heavy atom. The van der Waals surface area contributed by atoms with Crippen molar-refractivity contribution in [2.75, 3.05) is 0 Å². The molecule has 3 unspecified atom stereocenters. The summed E-state index contributed by atoms with van der Waals surface area (Å²) in [5.74, 6) is 1.04. The molecule has 0 aliphatic heterocycles. The molecule has 0 bridgehead atoms. The van der Waals surface area contributed by atoms with Crippen molar-refractivity contribution >= 4 is 5.97 Å².